The van der Waals surface area contributed by atoms with Crippen molar-refractivity contribution in [1.29, 1.82) is 0 Å². The molecule has 0 radical (unpaired) electrons. The Kier molecular flexibility index (Phi) is 6.39. The van der Waals surface area contributed by atoms with Crippen LogP contribution in [0.25, 0.3) is 0 Å². The third-order valence-electron chi connectivity index (χ3n) is 4.49. The van der Waals surface area contributed by atoms with E-state index in [0.717, 1.165) is 29.5 Å². The largest absolute Gasteiger partial charge is 0.475 e. The standard InChI is InChI=1S/C18H25BN2O4/c1-4-18(23)21(15-7-8-15)11-17(22)20-16(19(24)25)10-14-6-5-12(2)13(3)9-14/h4-6,9,15-16,24-25H,1,7-8,10-11H2,2-3H3,(H,20,22)/t16-/m0/s1. The van der Waals surface area contributed by atoms with Gasteiger partial charge in [0.15, 0.2) is 0 Å². The van der Waals surface area contributed by atoms with Gasteiger partial charge >= 0.3 is 7.12 Å². The Morgan fingerprint density at radius 3 is 2.56 bits per heavy atom. The molecule has 1 aliphatic carbocycles. The van der Waals surface area contributed by atoms with E-state index in [1.807, 2.05) is 32.0 Å². The highest BCUT2D eigenvalue weighted by Crippen LogP contribution is 2.26. The third kappa shape index (κ3) is 5.44. The Bertz CT molecular complexity index is 658. The minimum absolute atomic E-state index is 0.0773. The number of hydrogen-bond donors (Lipinski definition) is 3. The van der Waals surface area contributed by atoms with E-state index < -0.39 is 19.0 Å². The summed E-state index contributed by atoms with van der Waals surface area (Å²) in [6.07, 6.45) is 3.24. The molecular weight excluding hydrogens is 319 g/mol. The number of carbonyl (C=O) groups excluding carboxylic acids is 2. The maximum Gasteiger partial charge on any atom is 0.475 e. The highest BCUT2D eigenvalue weighted by Gasteiger charge is 2.34. The van der Waals surface area contributed by atoms with Crippen LogP contribution in [0.15, 0.2) is 30.9 Å². The molecule has 7 heteroatoms. The number of aryl methyl sites for hydroxylation is 2. The van der Waals surface area contributed by atoms with Gasteiger partial charge in [0.25, 0.3) is 0 Å². The van der Waals surface area contributed by atoms with Gasteiger partial charge in [-0.1, -0.05) is 24.8 Å². The van der Waals surface area contributed by atoms with Gasteiger partial charge in [0.1, 0.15) is 6.54 Å². The van der Waals surface area contributed by atoms with E-state index in [1.165, 1.54) is 11.0 Å². The summed E-state index contributed by atoms with van der Waals surface area (Å²) in [5, 5.41) is 21.8. The number of nitrogens with zero attached hydrogens (tertiary/aromatic N) is 1. The SMILES string of the molecule is C=CC(=O)N(CC(=O)N[C@@H](Cc1ccc(C)c(C)c1)B(O)O)C1CC1. The topological polar surface area (TPSA) is 89.9 Å². The molecule has 2 amide bonds. The minimum Gasteiger partial charge on any atom is -0.426 e. The lowest BCUT2D eigenvalue weighted by Gasteiger charge is -2.23. The first kappa shape index (κ1) is 19.2. The van der Waals surface area contributed by atoms with Crippen LogP contribution in [0.3, 0.4) is 0 Å². The Morgan fingerprint density at radius 1 is 1.36 bits per heavy atom. The van der Waals surface area contributed by atoms with Gasteiger partial charge in [-0.15, -0.1) is 0 Å². The first-order valence-corrected chi connectivity index (χ1v) is 8.46. The highest BCUT2D eigenvalue weighted by atomic mass is 16.4. The zero-order valence-electron chi connectivity index (χ0n) is 14.7. The van der Waals surface area contributed by atoms with Crippen LogP contribution >= 0.6 is 0 Å². The van der Waals surface area contributed by atoms with Crippen molar-refractivity contribution < 1.29 is 19.6 Å². The van der Waals surface area contributed by atoms with Crippen molar-refractivity contribution >= 4 is 18.9 Å². The first-order valence-electron chi connectivity index (χ1n) is 8.46. The Morgan fingerprint density at radius 2 is 2.04 bits per heavy atom. The Hall–Kier alpha value is -2.12. The average Bonchev–Trinajstić information content (AvgIpc) is 3.39. The number of hydrogen-bond acceptors (Lipinski definition) is 4. The van der Waals surface area contributed by atoms with Crippen LogP contribution in [0.4, 0.5) is 0 Å². The van der Waals surface area contributed by atoms with Gasteiger partial charge in [-0.25, -0.2) is 0 Å². The summed E-state index contributed by atoms with van der Waals surface area (Å²) in [6.45, 7) is 7.34. The molecule has 1 fully saturated rings. The van der Waals surface area contributed by atoms with Gasteiger partial charge in [-0.05, 0) is 55.9 Å². The maximum absolute atomic E-state index is 12.3. The van der Waals surface area contributed by atoms with Gasteiger partial charge in [0.2, 0.25) is 11.8 Å². The lowest BCUT2D eigenvalue weighted by Crippen LogP contribution is -2.51. The molecule has 1 saturated carbocycles. The van der Waals surface area contributed by atoms with Crippen molar-refractivity contribution in [2.24, 2.45) is 0 Å². The third-order valence-corrected chi connectivity index (χ3v) is 4.49. The molecule has 2 rings (SSSR count). The van der Waals surface area contributed by atoms with Gasteiger partial charge in [0.05, 0.1) is 5.94 Å². The van der Waals surface area contributed by atoms with Crippen LogP contribution in [-0.2, 0) is 16.0 Å². The molecule has 0 saturated heterocycles. The molecular formula is C18H25BN2O4. The van der Waals surface area contributed by atoms with E-state index in [1.54, 1.807) is 0 Å². The van der Waals surface area contributed by atoms with Gasteiger partial charge in [0, 0.05) is 6.04 Å². The Labute approximate surface area is 148 Å². The summed E-state index contributed by atoms with van der Waals surface area (Å²) < 4.78 is 0. The predicted molar refractivity (Wildman–Crippen MR) is 96.7 cm³/mol. The second-order valence-electron chi connectivity index (χ2n) is 6.61. The molecule has 0 aromatic heterocycles. The number of nitrogens with one attached hydrogen (secondary N) is 1. The van der Waals surface area contributed by atoms with E-state index in [4.69, 9.17) is 0 Å². The average molecular weight is 344 g/mol. The van der Waals surface area contributed by atoms with Crippen LogP contribution < -0.4 is 5.32 Å². The summed E-state index contributed by atoms with van der Waals surface area (Å²) >= 11 is 0. The second kappa shape index (κ2) is 8.31. The van der Waals surface area contributed by atoms with Crippen LogP contribution in [-0.4, -0.2) is 52.4 Å². The van der Waals surface area contributed by atoms with Gasteiger partial charge in [-0.2, -0.15) is 0 Å². The smallest absolute Gasteiger partial charge is 0.426 e. The molecule has 1 aromatic rings. The van der Waals surface area contributed by atoms with Crippen LogP contribution in [0.1, 0.15) is 29.5 Å². The molecule has 1 aliphatic rings. The van der Waals surface area contributed by atoms with Crippen LogP contribution in [0, 0.1) is 13.8 Å². The fraction of sp³-hybridized carbons (Fsp3) is 0.444. The molecule has 1 aromatic carbocycles. The minimum atomic E-state index is -1.69. The van der Waals surface area contributed by atoms with Crippen molar-refractivity contribution in [3.8, 4) is 0 Å². The lowest BCUT2D eigenvalue weighted by molar-refractivity contribution is -0.133. The van der Waals surface area contributed by atoms with Crippen LogP contribution in [0.5, 0.6) is 0 Å². The zero-order valence-corrected chi connectivity index (χ0v) is 14.7. The number of rotatable bonds is 8. The Balaban J connectivity index is 1.99. The second-order valence-corrected chi connectivity index (χ2v) is 6.61. The summed E-state index contributed by atoms with van der Waals surface area (Å²) in [7, 11) is -1.69. The summed E-state index contributed by atoms with van der Waals surface area (Å²) in [5.74, 6) is -1.54. The van der Waals surface area contributed by atoms with Crippen molar-refractivity contribution in [1.82, 2.24) is 10.2 Å². The van der Waals surface area contributed by atoms with Crippen molar-refractivity contribution in [2.75, 3.05) is 6.54 Å². The summed E-state index contributed by atoms with van der Waals surface area (Å²) in [4.78, 5) is 25.6. The number of benzene rings is 1. The molecule has 3 N–H and O–H groups in total. The fourth-order valence-corrected chi connectivity index (χ4v) is 2.71. The van der Waals surface area contributed by atoms with E-state index >= 15 is 0 Å². The molecule has 0 unspecified atom stereocenters. The number of carbonyl (C=O) groups is 2. The van der Waals surface area contributed by atoms with Gasteiger partial charge < -0.3 is 20.3 Å². The maximum atomic E-state index is 12.3. The van der Waals surface area contributed by atoms with E-state index in [-0.39, 0.29) is 18.5 Å². The summed E-state index contributed by atoms with van der Waals surface area (Å²) in [6, 6.07) is 5.91. The monoisotopic (exact) mass is 344 g/mol. The van der Waals surface area contributed by atoms with E-state index in [2.05, 4.69) is 11.9 Å². The highest BCUT2D eigenvalue weighted by molar-refractivity contribution is 6.43. The molecule has 0 heterocycles. The first-order chi connectivity index (χ1) is 11.8. The van der Waals surface area contributed by atoms with Crippen LogP contribution in [0.2, 0.25) is 0 Å². The molecule has 0 bridgehead atoms. The molecule has 0 spiro atoms. The molecule has 6 nitrogen and oxygen atoms in total. The number of amides is 2. The van der Waals surface area contributed by atoms with Gasteiger partial charge in [-0.3, -0.25) is 9.59 Å². The van der Waals surface area contributed by atoms with Crippen molar-refractivity contribution in [2.45, 2.75) is 45.1 Å². The van der Waals surface area contributed by atoms with E-state index in [0.29, 0.717) is 6.42 Å². The zero-order chi connectivity index (χ0) is 18.6. The lowest BCUT2D eigenvalue weighted by atomic mass is 9.75. The fourth-order valence-electron chi connectivity index (χ4n) is 2.71. The van der Waals surface area contributed by atoms with Crippen molar-refractivity contribution in [3.63, 3.8) is 0 Å². The molecule has 134 valence electrons. The predicted octanol–water partition coefficient (Wildman–Crippen LogP) is 0.520. The molecule has 25 heavy (non-hydrogen) atoms. The van der Waals surface area contributed by atoms with Crippen molar-refractivity contribution in [3.05, 3.63) is 47.5 Å². The molecule has 1 atom stereocenters. The quantitative estimate of drug-likeness (QED) is 0.474. The molecule has 0 aliphatic heterocycles. The summed E-state index contributed by atoms with van der Waals surface area (Å²) in [5.41, 5.74) is 3.16. The van der Waals surface area contributed by atoms with E-state index in [9.17, 15) is 19.6 Å². The normalized spacial score (nSPS) is 14.6.